The third-order valence-corrected chi connectivity index (χ3v) is 7.38. The van der Waals surface area contributed by atoms with Gasteiger partial charge < -0.3 is 14.8 Å². The van der Waals surface area contributed by atoms with Crippen LogP contribution in [0.4, 0.5) is 10.5 Å². The molecular formula is C37H34N6O7. The molecule has 2 N–H and O–H groups in total. The lowest BCUT2D eigenvalue weighted by atomic mass is 9.98. The molecule has 5 rings (SSSR count). The maximum atomic E-state index is 13.7. The van der Waals surface area contributed by atoms with Crippen LogP contribution < -0.4 is 20.9 Å². The van der Waals surface area contributed by atoms with Gasteiger partial charge in [-0.25, -0.2) is 14.8 Å². The van der Waals surface area contributed by atoms with Crippen molar-refractivity contribution in [2.24, 2.45) is 0 Å². The van der Waals surface area contributed by atoms with Crippen LogP contribution in [0.25, 0.3) is 11.4 Å². The number of ketones is 2. The summed E-state index contributed by atoms with van der Waals surface area (Å²) in [5.74, 6) is -1.61. The van der Waals surface area contributed by atoms with Gasteiger partial charge in [-0.2, -0.15) is 0 Å². The normalized spacial score (nSPS) is 11.2. The minimum Gasteiger partial charge on any atom is -0.478 e. The number of Topliss-reactive ketones (excluding diaryl/α,β-unsaturated/α-hetero) is 2. The minimum absolute atomic E-state index is 0.0468. The van der Waals surface area contributed by atoms with Crippen molar-refractivity contribution in [1.29, 1.82) is 0 Å². The zero-order chi connectivity index (χ0) is 35.1. The molecule has 13 nitrogen and oxygen atoms in total. The van der Waals surface area contributed by atoms with Crippen molar-refractivity contribution in [3.8, 4) is 17.3 Å². The molecule has 13 heteroatoms. The van der Waals surface area contributed by atoms with Gasteiger partial charge in [-0.15, -0.1) is 0 Å². The number of benzene rings is 2. The first-order valence-electron chi connectivity index (χ1n) is 15.8. The smallest absolute Gasteiger partial charge is 0.412 e. The van der Waals surface area contributed by atoms with Gasteiger partial charge in [0.2, 0.25) is 23.4 Å². The van der Waals surface area contributed by atoms with Crippen LogP contribution in [-0.4, -0.2) is 55.7 Å². The van der Waals surface area contributed by atoms with E-state index in [2.05, 4.69) is 25.6 Å². The van der Waals surface area contributed by atoms with Crippen LogP contribution in [0.2, 0.25) is 0 Å². The predicted octanol–water partition coefficient (Wildman–Crippen LogP) is 4.17. The fourth-order valence-corrected chi connectivity index (χ4v) is 4.92. The lowest BCUT2D eigenvalue weighted by Gasteiger charge is -2.19. The zero-order valence-corrected chi connectivity index (χ0v) is 26.9. The second-order valence-electron chi connectivity index (χ2n) is 11.0. The van der Waals surface area contributed by atoms with Crippen LogP contribution in [0.1, 0.15) is 24.0 Å². The Morgan fingerprint density at radius 1 is 0.800 bits per heavy atom. The van der Waals surface area contributed by atoms with Crippen molar-refractivity contribution in [2.45, 2.75) is 38.5 Å². The number of carbonyl (C=O) groups is 4. The molecule has 0 fully saturated rings. The average molecular weight is 675 g/mol. The van der Waals surface area contributed by atoms with Gasteiger partial charge in [-0.05, 0) is 35.7 Å². The fourth-order valence-electron chi connectivity index (χ4n) is 4.92. The largest absolute Gasteiger partial charge is 0.478 e. The lowest BCUT2D eigenvalue weighted by molar-refractivity contribution is -0.139. The molecule has 0 radical (unpaired) electrons. The number of nitrogens with zero attached hydrogens (tertiary/aromatic N) is 4. The topological polar surface area (TPSA) is 171 Å². The Bertz CT molecular complexity index is 1960. The van der Waals surface area contributed by atoms with E-state index < -0.39 is 41.7 Å². The first kappa shape index (κ1) is 34.8. The summed E-state index contributed by atoms with van der Waals surface area (Å²) >= 11 is 0. The van der Waals surface area contributed by atoms with Gasteiger partial charge in [0.1, 0.15) is 24.7 Å². The average Bonchev–Trinajstić information content (AvgIpc) is 3.15. The summed E-state index contributed by atoms with van der Waals surface area (Å²) in [6.07, 6.45) is 5.19. The Labute approximate surface area is 287 Å². The van der Waals surface area contributed by atoms with Gasteiger partial charge >= 0.3 is 6.09 Å². The van der Waals surface area contributed by atoms with E-state index in [-0.39, 0.29) is 44.0 Å². The van der Waals surface area contributed by atoms with Gasteiger partial charge in [0.05, 0.1) is 18.8 Å². The van der Waals surface area contributed by atoms with E-state index in [9.17, 15) is 24.0 Å². The number of anilines is 1. The highest BCUT2D eigenvalue weighted by Gasteiger charge is 2.28. The van der Waals surface area contributed by atoms with E-state index in [1.807, 2.05) is 6.07 Å². The molecule has 0 bridgehead atoms. The second-order valence-corrected chi connectivity index (χ2v) is 11.0. The number of aromatic nitrogens is 4. The van der Waals surface area contributed by atoms with Crippen molar-refractivity contribution in [1.82, 2.24) is 24.8 Å². The number of rotatable bonds is 16. The van der Waals surface area contributed by atoms with Gasteiger partial charge in [0, 0.05) is 43.1 Å². The summed E-state index contributed by atoms with van der Waals surface area (Å²) in [5.41, 5.74) is 0.988. The Morgan fingerprint density at radius 3 is 2.24 bits per heavy atom. The van der Waals surface area contributed by atoms with E-state index in [0.717, 1.165) is 10.1 Å². The molecule has 50 heavy (non-hydrogen) atoms. The molecule has 3 heterocycles. The highest BCUT2D eigenvalue weighted by atomic mass is 16.5. The van der Waals surface area contributed by atoms with Gasteiger partial charge in [0.15, 0.2) is 0 Å². The molecule has 0 saturated heterocycles. The molecule has 0 spiro atoms. The number of hydrogen-bond acceptors (Lipinski definition) is 10. The molecule has 1 atom stereocenters. The van der Waals surface area contributed by atoms with E-state index >= 15 is 0 Å². The predicted molar refractivity (Wildman–Crippen MR) is 183 cm³/mol. The SMILES string of the molecule is O=C(Cn1c(-c2ccccc2)ncc(NC(=O)OCc2ccncc2)c1=O)NC(Cc1ccccc1)C(=O)C(=O)CCCOc1ccccn1. The standard InChI is InChI=1S/C37H34N6O7/c44-31(14-9-21-49-33-15-7-8-18-39-33)34(46)29(22-26-10-3-1-4-11-26)41-32(45)24-43-35(28-12-5-2-6-13-28)40-23-30(36(43)47)42-37(48)50-25-27-16-19-38-20-17-27/h1-8,10-13,15-20,23,29H,9,14,21-22,24-25H2,(H,41,45)(H,42,48). The van der Waals surface area contributed by atoms with Crippen LogP contribution in [0.15, 0.2) is 121 Å². The maximum absolute atomic E-state index is 13.7. The third kappa shape index (κ3) is 10.0. The van der Waals surface area contributed by atoms with Gasteiger partial charge in [-0.1, -0.05) is 66.7 Å². The second kappa shape index (κ2) is 17.6. The number of nitrogens with one attached hydrogen (secondary N) is 2. The Balaban J connectivity index is 1.31. The van der Waals surface area contributed by atoms with Gasteiger partial charge in [0.25, 0.3) is 5.56 Å². The highest BCUT2D eigenvalue weighted by Crippen LogP contribution is 2.17. The molecule has 0 aliphatic rings. The van der Waals surface area contributed by atoms with Crippen LogP contribution >= 0.6 is 0 Å². The van der Waals surface area contributed by atoms with Crippen molar-refractivity contribution < 1.29 is 28.7 Å². The van der Waals surface area contributed by atoms with Crippen molar-refractivity contribution in [3.05, 3.63) is 137 Å². The molecule has 0 aliphatic carbocycles. The number of pyridine rings is 2. The van der Waals surface area contributed by atoms with Crippen LogP contribution in [0.5, 0.6) is 5.88 Å². The molecule has 254 valence electrons. The monoisotopic (exact) mass is 674 g/mol. The van der Waals surface area contributed by atoms with Crippen molar-refractivity contribution >= 4 is 29.3 Å². The molecule has 2 amide bonds. The first-order valence-corrected chi connectivity index (χ1v) is 15.8. The summed E-state index contributed by atoms with van der Waals surface area (Å²) in [6.45, 7) is -0.457. The Morgan fingerprint density at radius 2 is 1.52 bits per heavy atom. The minimum atomic E-state index is -1.21. The maximum Gasteiger partial charge on any atom is 0.412 e. The molecule has 0 saturated carbocycles. The van der Waals surface area contributed by atoms with E-state index in [1.165, 1.54) is 6.20 Å². The van der Waals surface area contributed by atoms with E-state index in [4.69, 9.17) is 9.47 Å². The summed E-state index contributed by atoms with van der Waals surface area (Å²) in [7, 11) is 0. The number of hydrogen-bond donors (Lipinski definition) is 2. The fraction of sp³-hybridized carbons (Fsp3) is 0.189. The summed E-state index contributed by atoms with van der Waals surface area (Å²) in [6, 6.07) is 25.0. The van der Waals surface area contributed by atoms with E-state index in [1.54, 1.807) is 104 Å². The number of ether oxygens (including phenoxy) is 2. The zero-order valence-electron chi connectivity index (χ0n) is 26.9. The third-order valence-electron chi connectivity index (χ3n) is 7.38. The Kier molecular flexibility index (Phi) is 12.3. The van der Waals surface area contributed by atoms with Crippen LogP contribution in [0, 0.1) is 0 Å². The number of amides is 2. The summed E-state index contributed by atoms with van der Waals surface area (Å²) in [5, 5.41) is 5.06. The van der Waals surface area contributed by atoms with Crippen LogP contribution in [0.3, 0.4) is 0 Å². The molecule has 1 unspecified atom stereocenters. The summed E-state index contributed by atoms with van der Waals surface area (Å²) in [4.78, 5) is 78.7. The lowest BCUT2D eigenvalue weighted by Crippen LogP contribution is -2.47. The van der Waals surface area contributed by atoms with Crippen LogP contribution in [-0.2, 0) is 38.7 Å². The molecule has 0 aliphatic heterocycles. The van der Waals surface area contributed by atoms with Crippen molar-refractivity contribution in [2.75, 3.05) is 11.9 Å². The van der Waals surface area contributed by atoms with E-state index in [0.29, 0.717) is 17.0 Å². The molecule has 3 aromatic heterocycles. The molecule has 5 aromatic rings. The summed E-state index contributed by atoms with van der Waals surface area (Å²) < 4.78 is 11.8. The number of carbonyl (C=O) groups excluding carboxylic acids is 4. The molecule has 2 aromatic carbocycles. The quantitative estimate of drug-likeness (QED) is 0.114. The van der Waals surface area contributed by atoms with Gasteiger partial charge in [-0.3, -0.25) is 34.0 Å². The first-order chi connectivity index (χ1) is 24.4. The van der Waals surface area contributed by atoms with Crippen molar-refractivity contribution in [3.63, 3.8) is 0 Å². The molecular weight excluding hydrogens is 640 g/mol. The Hall–Kier alpha value is -6.50. The highest BCUT2D eigenvalue weighted by molar-refractivity contribution is 6.39.